The molecule has 5 nitrogen and oxygen atoms in total. The molecule has 138 valence electrons. The molecule has 1 heterocycles. The lowest BCUT2D eigenvalue weighted by atomic mass is 9.73. The number of carbonyl (C=O) groups is 1. The molecule has 0 bridgehead atoms. The monoisotopic (exact) mass is 384 g/mol. The number of likely N-dealkylation sites (tertiary alicyclic amines) is 1. The number of hydrogen-bond donors (Lipinski definition) is 2. The van der Waals surface area contributed by atoms with E-state index in [1.54, 1.807) is 0 Å². The number of fused-ring (bicyclic) bond motifs is 1. The van der Waals surface area contributed by atoms with Gasteiger partial charge in [0.1, 0.15) is 4.75 Å². The summed E-state index contributed by atoms with van der Waals surface area (Å²) in [6.07, 6.45) is 1.51. The van der Waals surface area contributed by atoms with Crippen LogP contribution in [0, 0.1) is 5.41 Å². The van der Waals surface area contributed by atoms with E-state index in [1.807, 2.05) is 39.0 Å². The Balaban J connectivity index is 1.91. The van der Waals surface area contributed by atoms with Crippen LogP contribution < -0.4 is 4.72 Å². The van der Waals surface area contributed by atoms with Crippen LogP contribution in [-0.4, -0.2) is 38.5 Å². The lowest BCUT2D eigenvalue weighted by Crippen LogP contribution is -2.50. The van der Waals surface area contributed by atoms with Gasteiger partial charge in [-0.05, 0) is 63.3 Å². The van der Waals surface area contributed by atoms with Crippen molar-refractivity contribution in [2.75, 3.05) is 13.1 Å². The third-order valence-corrected chi connectivity index (χ3v) is 7.18. The van der Waals surface area contributed by atoms with Crippen LogP contribution >= 0.6 is 11.6 Å². The van der Waals surface area contributed by atoms with Gasteiger partial charge in [-0.2, -0.15) is 0 Å². The lowest BCUT2D eigenvalue weighted by molar-refractivity contribution is 0.0764. The second kappa shape index (κ2) is 6.65. The topological polar surface area (TPSA) is 75.6 Å². The first-order valence-corrected chi connectivity index (χ1v) is 10.1. The number of benzene rings is 1. The highest BCUT2D eigenvalue weighted by Gasteiger charge is 2.50. The van der Waals surface area contributed by atoms with Crippen molar-refractivity contribution in [3.8, 4) is 0 Å². The summed E-state index contributed by atoms with van der Waals surface area (Å²) in [7, 11) is 0. The number of nitrogens with zero attached hydrogens (tertiary/aromatic N) is 1. The van der Waals surface area contributed by atoms with E-state index < -0.39 is 17.5 Å². The van der Waals surface area contributed by atoms with Gasteiger partial charge in [0.2, 0.25) is 0 Å². The number of carboxylic acid groups (broad SMARTS) is 1. The summed E-state index contributed by atoms with van der Waals surface area (Å²) < 4.78 is 15.8. The highest BCUT2D eigenvalue weighted by atomic mass is 35.5. The molecule has 1 aliphatic carbocycles. The van der Waals surface area contributed by atoms with Crippen LogP contribution in [0.3, 0.4) is 0 Å². The normalized spacial score (nSPS) is 23.6. The number of hydrogen-bond acceptors (Lipinski definition) is 3. The molecule has 2 N–H and O–H groups in total. The van der Waals surface area contributed by atoms with Gasteiger partial charge in [-0.3, -0.25) is 0 Å². The fraction of sp³-hybridized carbons (Fsp3) is 0.611. The van der Waals surface area contributed by atoms with Gasteiger partial charge in [0.05, 0.1) is 6.04 Å². The van der Waals surface area contributed by atoms with E-state index in [2.05, 4.69) is 4.72 Å². The summed E-state index contributed by atoms with van der Waals surface area (Å²) >= 11 is 5.01. The maximum absolute atomic E-state index is 12.8. The molecule has 0 aromatic heterocycles. The van der Waals surface area contributed by atoms with Crippen LogP contribution in [0.5, 0.6) is 0 Å². The van der Waals surface area contributed by atoms with Crippen molar-refractivity contribution < 1.29 is 14.5 Å². The van der Waals surface area contributed by atoms with E-state index in [1.165, 1.54) is 10.5 Å². The second-order valence-electron chi connectivity index (χ2n) is 8.08. The molecule has 1 amide bonds. The van der Waals surface area contributed by atoms with Gasteiger partial charge in [-0.1, -0.05) is 17.7 Å². The average Bonchev–Trinajstić information content (AvgIpc) is 2.80. The first kappa shape index (κ1) is 18.8. The van der Waals surface area contributed by atoms with Gasteiger partial charge in [0.25, 0.3) is 0 Å². The molecule has 2 atom stereocenters. The standard InChI is InChI=1S/C18H25ClN2O3S/c1-17(2,3)25(24)20-15-14-10-13(19)5-4-12(14)11-18(15)6-8-21(9-7-18)16(22)23/h4-5,10,15,20H,6-9,11H2,1-3H3,(H,22,23)/t15-,25-/m0/s1. The van der Waals surface area contributed by atoms with E-state index in [9.17, 15) is 14.5 Å². The molecular weight excluding hydrogens is 360 g/mol. The van der Waals surface area contributed by atoms with E-state index in [-0.39, 0.29) is 16.2 Å². The Morgan fingerprint density at radius 1 is 1.40 bits per heavy atom. The summed E-state index contributed by atoms with van der Waals surface area (Å²) in [5.41, 5.74) is 2.21. The van der Waals surface area contributed by atoms with Crippen molar-refractivity contribution in [2.45, 2.75) is 50.8 Å². The molecule has 0 unspecified atom stereocenters. The van der Waals surface area contributed by atoms with Crippen LogP contribution in [0.25, 0.3) is 0 Å². The molecule has 7 heteroatoms. The van der Waals surface area contributed by atoms with Crippen molar-refractivity contribution in [2.24, 2.45) is 5.41 Å². The third-order valence-electron chi connectivity index (χ3n) is 5.38. The Morgan fingerprint density at radius 3 is 2.60 bits per heavy atom. The molecule has 1 aromatic carbocycles. The molecule has 25 heavy (non-hydrogen) atoms. The summed E-state index contributed by atoms with van der Waals surface area (Å²) in [6.45, 7) is 6.87. The van der Waals surface area contributed by atoms with Crippen molar-refractivity contribution >= 4 is 29.1 Å². The van der Waals surface area contributed by atoms with Crippen LogP contribution in [-0.2, 0) is 17.8 Å². The predicted molar refractivity (Wildman–Crippen MR) is 100 cm³/mol. The Morgan fingerprint density at radius 2 is 2.04 bits per heavy atom. The molecule has 1 spiro atoms. The Bertz CT molecular complexity index is 669. The first-order chi connectivity index (χ1) is 11.6. The maximum atomic E-state index is 12.8. The summed E-state index contributed by atoms with van der Waals surface area (Å²) in [5.74, 6) is 0. The Hall–Kier alpha value is -0.950. The fourth-order valence-electron chi connectivity index (χ4n) is 3.89. The molecule has 1 saturated heterocycles. The van der Waals surface area contributed by atoms with Crippen molar-refractivity contribution in [1.29, 1.82) is 0 Å². The number of piperidine rings is 1. The van der Waals surface area contributed by atoms with Gasteiger partial charge < -0.3 is 14.6 Å². The van der Waals surface area contributed by atoms with Gasteiger partial charge in [0, 0.05) is 34.9 Å². The fourth-order valence-corrected chi connectivity index (χ4v) is 5.01. The zero-order chi connectivity index (χ0) is 18.4. The maximum Gasteiger partial charge on any atom is 0.407 e. The molecule has 3 rings (SSSR count). The molecule has 1 aliphatic heterocycles. The number of nitrogens with one attached hydrogen (secondary N) is 1. The minimum Gasteiger partial charge on any atom is -0.598 e. The first-order valence-electron chi connectivity index (χ1n) is 8.57. The smallest absolute Gasteiger partial charge is 0.407 e. The lowest BCUT2D eigenvalue weighted by Gasteiger charge is -2.43. The van der Waals surface area contributed by atoms with E-state index >= 15 is 0 Å². The van der Waals surface area contributed by atoms with Crippen molar-refractivity contribution in [3.63, 3.8) is 0 Å². The highest BCUT2D eigenvalue weighted by molar-refractivity contribution is 7.90. The van der Waals surface area contributed by atoms with Crippen LogP contribution in [0.2, 0.25) is 5.02 Å². The molecule has 1 fully saturated rings. The van der Waals surface area contributed by atoms with Crippen molar-refractivity contribution in [3.05, 3.63) is 34.3 Å². The molecule has 1 aromatic rings. The SMILES string of the molecule is CC(C)(C)[S@+]([O-])N[C@H]1c2cc(Cl)ccc2CC12CCN(C(=O)O)CC2. The van der Waals surface area contributed by atoms with Gasteiger partial charge in [0.15, 0.2) is 0 Å². The average molecular weight is 385 g/mol. The number of halogens is 1. The van der Waals surface area contributed by atoms with Crippen LogP contribution in [0.4, 0.5) is 4.79 Å². The molecule has 0 saturated carbocycles. The predicted octanol–water partition coefficient (Wildman–Crippen LogP) is 3.75. The summed E-state index contributed by atoms with van der Waals surface area (Å²) in [4.78, 5) is 12.7. The van der Waals surface area contributed by atoms with Gasteiger partial charge in [-0.15, -0.1) is 4.72 Å². The van der Waals surface area contributed by atoms with Gasteiger partial charge >= 0.3 is 6.09 Å². The zero-order valence-corrected chi connectivity index (χ0v) is 16.4. The molecule has 0 radical (unpaired) electrons. The Kier molecular flexibility index (Phi) is 5.01. The third kappa shape index (κ3) is 3.63. The van der Waals surface area contributed by atoms with Gasteiger partial charge in [-0.25, -0.2) is 4.79 Å². The largest absolute Gasteiger partial charge is 0.598 e. The Labute approximate surface area is 157 Å². The van der Waals surface area contributed by atoms with E-state index in [0.717, 1.165) is 24.8 Å². The summed E-state index contributed by atoms with van der Waals surface area (Å²) in [5, 5.41) is 9.91. The zero-order valence-electron chi connectivity index (χ0n) is 14.8. The van der Waals surface area contributed by atoms with Crippen LogP contribution in [0.1, 0.15) is 50.8 Å². The van der Waals surface area contributed by atoms with Crippen LogP contribution in [0.15, 0.2) is 18.2 Å². The van der Waals surface area contributed by atoms with Crippen molar-refractivity contribution in [1.82, 2.24) is 9.62 Å². The van der Waals surface area contributed by atoms with E-state index in [4.69, 9.17) is 11.6 Å². The second-order valence-corrected chi connectivity index (χ2v) is 10.5. The minimum absolute atomic E-state index is 0.0720. The summed E-state index contributed by atoms with van der Waals surface area (Å²) in [6, 6.07) is 5.83. The molecule has 2 aliphatic rings. The van der Waals surface area contributed by atoms with E-state index in [0.29, 0.717) is 18.1 Å². The molecular formula is C18H25ClN2O3S. The quantitative estimate of drug-likeness (QED) is 0.761. The number of amides is 1. The number of rotatable bonds is 2. The minimum atomic E-state index is -1.21. The highest BCUT2D eigenvalue weighted by Crippen LogP contribution is 2.53.